The summed E-state index contributed by atoms with van der Waals surface area (Å²) in [5, 5.41) is 9.72. The summed E-state index contributed by atoms with van der Waals surface area (Å²) < 4.78 is 11.0. The first-order chi connectivity index (χ1) is 12.2. The van der Waals surface area contributed by atoms with Crippen molar-refractivity contribution < 1.29 is 24.2 Å². The Morgan fingerprint density at radius 3 is 2.96 bits per heavy atom. The van der Waals surface area contributed by atoms with Gasteiger partial charge < -0.3 is 19.5 Å². The van der Waals surface area contributed by atoms with Crippen LogP contribution in [0.15, 0.2) is 36.5 Å². The van der Waals surface area contributed by atoms with Crippen LogP contribution in [0.4, 0.5) is 5.69 Å². The maximum Gasteiger partial charge on any atom is 0.237 e. The smallest absolute Gasteiger partial charge is 0.237 e. The van der Waals surface area contributed by atoms with Gasteiger partial charge in [0.1, 0.15) is 23.8 Å². The fourth-order valence-electron chi connectivity index (χ4n) is 2.92. The summed E-state index contributed by atoms with van der Waals surface area (Å²) in [6, 6.07) is 7.92. The highest BCUT2D eigenvalue weighted by Gasteiger charge is 2.34. The van der Waals surface area contributed by atoms with Gasteiger partial charge >= 0.3 is 0 Å². The summed E-state index contributed by atoms with van der Waals surface area (Å²) in [5.74, 6) is 0.480. The number of anilines is 1. The molecule has 0 aliphatic carbocycles. The number of benzene rings is 1. The molecule has 0 spiro atoms. The number of pyridine rings is 1. The standard InChI is InChI=1S/C18H18N2O5/c1-24-18-14(4-3-9-19-18)20-12(7-8-17(20)23)11-25-16-6-2-5-15(22)13(16)10-21/h2-6,9-10,12,22H,7-8,11H2,1H3. The Hall–Kier alpha value is -3.09. The molecule has 1 aromatic heterocycles. The second kappa shape index (κ2) is 7.21. The number of hydrogen-bond donors (Lipinski definition) is 1. The number of methoxy groups -OCH3 is 1. The number of rotatable bonds is 6. The van der Waals surface area contributed by atoms with Crippen molar-refractivity contribution in [1.82, 2.24) is 4.98 Å². The second-order valence-corrected chi connectivity index (χ2v) is 5.61. The molecular formula is C18H18N2O5. The number of aromatic nitrogens is 1. The van der Waals surface area contributed by atoms with Gasteiger partial charge in [0.15, 0.2) is 6.29 Å². The summed E-state index contributed by atoms with van der Waals surface area (Å²) in [7, 11) is 1.50. The van der Waals surface area contributed by atoms with Crippen LogP contribution in [0.5, 0.6) is 17.4 Å². The molecule has 1 atom stereocenters. The third-order valence-corrected chi connectivity index (χ3v) is 4.12. The van der Waals surface area contributed by atoms with Gasteiger partial charge in [0, 0.05) is 12.6 Å². The van der Waals surface area contributed by atoms with Crippen LogP contribution in [-0.2, 0) is 4.79 Å². The van der Waals surface area contributed by atoms with Crippen LogP contribution in [0.2, 0.25) is 0 Å². The molecular weight excluding hydrogens is 324 g/mol. The lowest BCUT2D eigenvalue weighted by molar-refractivity contribution is -0.117. The molecule has 0 bridgehead atoms. The predicted octanol–water partition coefficient (Wildman–Crippen LogP) is 2.18. The zero-order chi connectivity index (χ0) is 17.8. The van der Waals surface area contributed by atoms with Crippen molar-refractivity contribution in [2.45, 2.75) is 18.9 Å². The number of carbonyl (C=O) groups is 2. The van der Waals surface area contributed by atoms with Gasteiger partial charge in [0.25, 0.3) is 0 Å². The van der Waals surface area contributed by atoms with Crippen molar-refractivity contribution in [1.29, 1.82) is 0 Å². The predicted molar refractivity (Wildman–Crippen MR) is 90.3 cm³/mol. The molecule has 3 rings (SSSR count). The summed E-state index contributed by atoms with van der Waals surface area (Å²) in [4.78, 5) is 29.2. The molecule has 1 saturated heterocycles. The van der Waals surface area contributed by atoms with Crippen LogP contribution < -0.4 is 14.4 Å². The van der Waals surface area contributed by atoms with E-state index in [0.29, 0.717) is 30.7 Å². The van der Waals surface area contributed by atoms with Gasteiger partial charge in [-0.25, -0.2) is 4.98 Å². The van der Waals surface area contributed by atoms with Crippen molar-refractivity contribution >= 4 is 17.9 Å². The van der Waals surface area contributed by atoms with Crippen molar-refractivity contribution in [3.8, 4) is 17.4 Å². The van der Waals surface area contributed by atoms with Gasteiger partial charge in [-0.2, -0.15) is 0 Å². The Labute approximate surface area is 144 Å². The largest absolute Gasteiger partial charge is 0.507 e. The Kier molecular flexibility index (Phi) is 4.83. The lowest BCUT2D eigenvalue weighted by Gasteiger charge is -2.26. The topological polar surface area (TPSA) is 89.0 Å². The number of aromatic hydroxyl groups is 1. The quantitative estimate of drug-likeness (QED) is 0.810. The number of hydrogen-bond acceptors (Lipinski definition) is 6. The molecule has 1 aromatic carbocycles. The van der Waals surface area contributed by atoms with E-state index in [1.807, 2.05) is 0 Å². The number of carbonyl (C=O) groups excluding carboxylic acids is 2. The van der Waals surface area contributed by atoms with Crippen LogP contribution in [-0.4, -0.2) is 42.0 Å². The average molecular weight is 342 g/mol. The maximum atomic E-state index is 12.3. The molecule has 7 heteroatoms. The SMILES string of the molecule is COc1ncccc1N1C(=O)CCC1COc1cccc(O)c1C=O. The zero-order valence-electron chi connectivity index (χ0n) is 13.7. The molecule has 1 aliphatic heterocycles. The van der Waals surface area contributed by atoms with E-state index in [0.717, 1.165) is 0 Å². The number of ether oxygens (including phenoxy) is 2. The molecule has 1 fully saturated rings. The third kappa shape index (κ3) is 3.26. The zero-order valence-corrected chi connectivity index (χ0v) is 13.7. The van der Waals surface area contributed by atoms with Crippen LogP contribution in [0.1, 0.15) is 23.2 Å². The highest BCUT2D eigenvalue weighted by atomic mass is 16.5. The van der Waals surface area contributed by atoms with Gasteiger partial charge in [0.2, 0.25) is 11.8 Å². The fourth-order valence-corrected chi connectivity index (χ4v) is 2.92. The lowest BCUT2D eigenvalue weighted by Crippen LogP contribution is -2.37. The summed E-state index contributed by atoms with van der Waals surface area (Å²) in [6.07, 6.45) is 3.16. The van der Waals surface area contributed by atoms with Gasteiger partial charge in [-0.15, -0.1) is 0 Å². The lowest BCUT2D eigenvalue weighted by atomic mass is 10.2. The number of nitrogens with zero attached hydrogens (tertiary/aromatic N) is 2. The Morgan fingerprint density at radius 2 is 2.20 bits per heavy atom. The van der Waals surface area contributed by atoms with Crippen LogP contribution in [0.25, 0.3) is 0 Å². The normalized spacial score (nSPS) is 16.8. The van der Waals surface area contributed by atoms with E-state index in [2.05, 4.69) is 4.98 Å². The van der Waals surface area contributed by atoms with E-state index in [4.69, 9.17) is 9.47 Å². The van der Waals surface area contributed by atoms with Crippen LogP contribution in [0, 0.1) is 0 Å². The molecule has 2 heterocycles. The summed E-state index contributed by atoms with van der Waals surface area (Å²) in [6.45, 7) is 0.189. The second-order valence-electron chi connectivity index (χ2n) is 5.61. The molecule has 0 radical (unpaired) electrons. The average Bonchev–Trinajstić information content (AvgIpc) is 3.00. The van der Waals surface area contributed by atoms with Gasteiger partial charge in [-0.05, 0) is 30.7 Å². The Morgan fingerprint density at radius 1 is 1.36 bits per heavy atom. The first-order valence-corrected chi connectivity index (χ1v) is 7.86. The van der Waals surface area contributed by atoms with E-state index in [-0.39, 0.29) is 35.6 Å². The maximum absolute atomic E-state index is 12.3. The van der Waals surface area contributed by atoms with Crippen LogP contribution in [0.3, 0.4) is 0 Å². The molecule has 130 valence electrons. The molecule has 1 aliphatic rings. The highest BCUT2D eigenvalue weighted by Crippen LogP contribution is 2.33. The first kappa shape index (κ1) is 16.8. The van der Waals surface area contributed by atoms with Gasteiger partial charge in [0.05, 0.1) is 18.7 Å². The van der Waals surface area contributed by atoms with E-state index in [1.165, 1.54) is 13.2 Å². The molecule has 1 N–H and O–H groups in total. The summed E-state index contributed by atoms with van der Waals surface area (Å²) >= 11 is 0. The Balaban J connectivity index is 1.81. The third-order valence-electron chi connectivity index (χ3n) is 4.12. The van der Waals surface area contributed by atoms with Crippen molar-refractivity contribution in [3.63, 3.8) is 0 Å². The summed E-state index contributed by atoms with van der Waals surface area (Å²) in [5.41, 5.74) is 0.685. The van der Waals surface area contributed by atoms with E-state index < -0.39 is 0 Å². The minimum atomic E-state index is -0.215. The van der Waals surface area contributed by atoms with Crippen molar-refractivity contribution in [3.05, 3.63) is 42.1 Å². The van der Waals surface area contributed by atoms with E-state index in [9.17, 15) is 14.7 Å². The van der Waals surface area contributed by atoms with Crippen molar-refractivity contribution in [2.75, 3.05) is 18.6 Å². The number of phenolic OH excluding ortho intramolecular Hbond substituents is 1. The molecule has 1 unspecified atom stereocenters. The minimum Gasteiger partial charge on any atom is -0.507 e. The molecule has 0 saturated carbocycles. The molecule has 7 nitrogen and oxygen atoms in total. The minimum absolute atomic E-state index is 0.0357. The fraction of sp³-hybridized carbons (Fsp3) is 0.278. The molecule has 25 heavy (non-hydrogen) atoms. The van der Waals surface area contributed by atoms with Crippen molar-refractivity contribution in [2.24, 2.45) is 0 Å². The number of aldehydes is 1. The number of amides is 1. The molecule has 2 aromatic rings. The van der Waals surface area contributed by atoms with Gasteiger partial charge in [-0.3, -0.25) is 9.59 Å². The van der Waals surface area contributed by atoms with Gasteiger partial charge in [-0.1, -0.05) is 6.07 Å². The van der Waals surface area contributed by atoms with Crippen LogP contribution >= 0.6 is 0 Å². The van der Waals surface area contributed by atoms with E-state index >= 15 is 0 Å². The highest BCUT2D eigenvalue weighted by molar-refractivity contribution is 5.97. The first-order valence-electron chi connectivity index (χ1n) is 7.86. The monoisotopic (exact) mass is 342 g/mol. The Bertz CT molecular complexity index is 793. The molecule has 1 amide bonds. The number of phenols is 1. The van der Waals surface area contributed by atoms with E-state index in [1.54, 1.807) is 35.4 Å².